The number of hydrogen-bond donors (Lipinski definition) is 1. The van der Waals surface area contributed by atoms with Crippen molar-refractivity contribution < 1.29 is 22.6 Å². The third kappa shape index (κ3) is 10.3. The number of methoxy groups -OCH3 is 1. The minimum absolute atomic E-state index is 0.140. The van der Waals surface area contributed by atoms with Gasteiger partial charge in [-0.3, -0.25) is 0 Å². The highest BCUT2D eigenvalue weighted by Gasteiger charge is 2.33. The first-order chi connectivity index (χ1) is 13.4. The number of alkyl halides is 3. The van der Waals surface area contributed by atoms with E-state index in [4.69, 9.17) is 20.0 Å². The maximum atomic E-state index is 12.8. The second-order valence-corrected chi connectivity index (χ2v) is 4.62. The largest absolute Gasteiger partial charge is 0.497 e. The lowest BCUT2D eigenvalue weighted by molar-refractivity contribution is -0.138. The molecule has 2 aromatic carbocycles. The third-order valence-corrected chi connectivity index (χ3v) is 3.00. The first kappa shape index (κ1) is 26.5. The molecule has 0 aromatic heterocycles. The zero-order valence-electron chi connectivity index (χ0n) is 15.3. The summed E-state index contributed by atoms with van der Waals surface area (Å²) in [5.74, 6) is 4.96. The van der Waals surface area contributed by atoms with Gasteiger partial charge in [0.05, 0.1) is 19.3 Å². The first-order valence-electron chi connectivity index (χ1n) is 7.52. The van der Waals surface area contributed by atoms with Crippen LogP contribution in [0, 0.1) is 23.7 Å². The maximum absolute atomic E-state index is 12.8. The molecule has 9 heteroatoms. The fraction of sp³-hybridized carbons (Fsp3) is 0.211. The van der Waals surface area contributed by atoms with Crippen LogP contribution < -0.4 is 15.3 Å². The Bertz CT molecular complexity index is 708. The Hall–Kier alpha value is -3.72. The van der Waals surface area contributed by atoms with E-state index in [9.17, 15) is 13.2 Å². The molecule has 0 unspecified atom stereocenters. The van der Waals surface area contributed by atoms with Crippen molar-refractivity contribution in [3.05, 3.63) is 59.7 Å². The molecule has 0 heterocycles. The number of hydrogen-bond acceptors (Lipinski definition) is 6. The maximum Gasteiger partial charge on any atom is 0.419 e. The van der Waals surface area contributed by atoms with Crippen LogP contribution in [0.5, 0.6) is 11.5 Å². The minimum Gasteiger partial charge on any atom is -0.497 e. The molecule has 0 aliphatic heterocycles. The molecule has 0 aliphatic rings. The van der Waals surface area contributed by atoms with Crippen LogP contribution in [-0.2, 0) is 12.6 Å². The van der Waals surface area contributed by atoms with Crippen LogP contribution in [0.25, 0.3) is 0 Å². The van der Waals surface area contributed by atoms with E-state index in [1.807, 2.05) is 12.1 Å². The summed E-state index contributed by atoms with van der Waals surface area (Å²) in [5.41, 5.74) is 0.222. The predicted octanol–water partition coefficient (Wildman–Crippen LogP) is 4.18. The van der Waals surface area contributed by atoms with Crippen LogP contribution in [-0.4, -0.2) is 20.4 Å². The Labute approximate surface area is 162 Å². The number of nitrogens with zero attached hydrogens (tertiary/aromatic N) is 3. The van der Waals surface area contributed by atoms with Crippen LogP contribution >= 0.6 is 0 Å². The molecule has 2 aromatic rings. The van der Waals surface area contributed by atoms with Crippen molar-refractivity contribution in [1.82, 2.24) is 0 Å². The monoisotopic (exact) mass is 394 g/mol. The summed E-state index contributed by atoms with van der Waals surface area (Å²) in [6, 6.07) is 12.5. The highest BCUT2D eigenvalue weighted by molar-refractivity contribution is 5.35. The fourth-order valence-corrected chi connectivity index (χ4v) is 1.90. The standard InChI is InChI=1S/C16H15F3O2.CH4N2.2CHN/c1-20-13-8-6-12(7-9-13)10-11-21-15-5-3-2-4-14(15)16(17,18)19;1-3-2;2*1-2/h2-9H,10-11H2,1H3;1-2H2;2*1H. The Morgan fingerprint density at radius 2 is 1.54 bits per heavy atom. The number of benzene rings is 2. The lowest BCUT2D eigenvalue weighted by Gasteiger charge is -2.13. The van der Waals surface area contributed by atoms with Gasteiger partial charge in [-0.1, -0.05) is 24.3 Å². The minimum atomic E-state index is -4.41. The molecule has 0 spiro atoms. The summed E-state index contributed by atoms with van der Waals surface area (Å²) in [7, 11) is 1.58. The average Bonchev–Trinajstić information content (AvgIpc) is 2.72. The average molecular weight is 394 g/mol. The van der Waals surface area contributed by atoms with Gasteiger partial charge in [0.25, 0.3) is 0 Å². The van der Waals surface area contributed by atoms with Crippen molar-refractivity contribution in [1.29, 1.82) is 10.5 Å². The molecule has 0 saturated carbocycles. The van der Waals surface area contributed by atoms with Crippen LogP contribution in [0.1, 0.15) is 11.1 Å². The first-order valence-corrected chi connectivity index (χ1v) is 7.52. The van der Waals surface area contributed by atoms with Crippen molar-refractivity contribution >= 4 is 6.72 Å². The number of nitriles is 2. The lowest BCUT2D eigenvalue weighted by atomic mass is 10.1. The van der Waals surface area contributed by atoms with Gasteiger partial charge in [0.2, 0.25) is 0 Å². The topological polar surface area (TPSA) is 104 Å². The molecule has 0 saturated heterocycles. The van der Waals surface area contributed by atoms with E-state index in [0.29, 0.717) is 6.42 Å². The molecule has 0 atom stereocenters. The van der Waals surface area contributed by atoms with Crippen molar-refractivity contribution in [2.75, 3.05) is 13.7 Å². The van der Waals surface area contributed by atoms with Gasteiger partial charge in [-0.05, 0) is 29.8 Å². The van der Waals surface area contributed by atoms with E-state index < -0.39 is 11.7 Å². The van der Waals surface area contributed by atoms with Gasteiger partial charge in [0, 0.05) is 26.3 Å². The van der Waals surface area contributed by atoms with E-state index in [1.54, 1.807) is 19.2 Å². The predicted molar refractivity (Wildman–Crippen MR) is 101 cm³/mol. The van der Waals surface area contributed by atoms with Crippen LogP contribution in [0.4, 0.5) is 13.2 Å². The molecular formula is C19H21F3N4O2. The molecular weight excluding hydrogens is 373 g/mol. The van der Waals surface area contributed by atoms with Crippen molar-refractivity contribution in [3.63, 3.8) is 0 Å². The molecule has 28 heavy (non-hydrogen) atoms. The summed E-state index contributed by atoms with van der Waals surface area (Å²) in [5, 5.41) is 15.8. The lowest BCUT2D eigenvalue weighted by Crippen LogP contribution is -2.10. The second-order valence-electron chi connectivity index (χ2n) is 4.62. The zero-order chi connectivity index (χ0) is 22.0. The van der Waals surface area contributed by atoms with Crippen LogP contribution in [0.15, 0.2) is 53.6 Å². The number of ether oxygens (including phenoxy) is 2. The van der Waals surface area contributed by atoms with Crippen molar-refractivity contribution in [2.24, 2.45) is 10.9 Å². The molecule has 0 bridgehead atoms. The Morgan fingerprint density at radius 3 is 2.00 bits per heavy atom. The van der Waals surface area contributed by atoms with Crippen molar-refractivity contribution in [2.45, 2.75) is 12.6 Å². The molecule has 0 radical (unpaired) electrons. The van der Waals surface area contributed by atoms with E-state index in [-0.39, 0.29) is 12.4 Å². The molecule has 2 rings (SSSR count). The number of para-hydroxylation sites is 1. The van der Waals surface area contributed by atoms with E-state index in [2.05, 4.69) is 30.8 Å². The molecule has 0 amide bonds. The van der Waals surface area contributed by atoms with Gasteiger partial charge in [-0.15, -0.1) is 0 Å². The van der Waals surface area contributed by atoms with Crippen LogP contribution in [0.2, 0.25) is 0 Å². The van der Waals surface area contributed by atoms with Gasteiger partial charge in [-0.2, -0.15) is 18.3 Å². The highest BCUT2D eigenvalue weighted by atomic mass is 19.4. The smallest absolute Gasteiger partial charge is 0.419 e. The van der Waals surface area contributed by atoms with Gasteiger partial charge in [0.15, 0.2) is 0 Å². The van der Waals surface area contributed by atoms with Gasteiger partial charge < -0.3 is 15.3 Å². The van der Waals surface area contributed by atoms with E-state index in [0.717, 1.165) is 17.4 Å². The normalized spacial score (nSPS) is 9.00. The summed E-state index contributed by atoms with van der Waals surface area (Å²) < 4.78 is 48.7. The summed E-state index contributed by atoms with van der Waals surface area (Å²) in [4.78, 5) is 0. The van der Waals surface area contributed by atoms with Crippen molar-refractivity contribution in [3.8, 4) is 24.6 Å². The number of nitrogens with two attached hydrogens (primary N) is 1. The van der Waals surface area contributed by atoms with Gasteiger partial charge >= 0.3 is 6.18 Å². The number of hydrazone groups is 1. The van der Waals surface area contributed by atoms with Crippen LogP contribution in [0.3, 0.4) is 0 Å². The molecule has 0 aliphatic carbocycles. The summed E-state index contributed by atoms with van der Waals surface area (Å²) in [6.45, 7) is 10.1. The molecule has 150 valence electrons. The molecule has 2 N–H and O–H groups in total. The van der Waals surface area contributed by atoms with Gasteiger partial charge in [0.1, 0.15) is 11.5 Å². The second kappa shape index (κ2) is 15.5. The zero-order valence-corrected chi connectivity index (χ0v) is 15.3. The summed E-state index contributed by atoms with van der Waals surface area (Å²) >= 11 is 0. The fourth-order valence-electron chi connectivity index (χ4n) is 1.90. The quantitative estimate of drug-likeness (QED) is 0.465. The Kier molecular flexibility index (Phi) is 14.7. The number of rotatable bonds is 5. The Morgan fingerprint density at radius 1 is 1.04 bits per heavy atom. The van der Waals surface area contributed by atoms with E-state index in [1.165, 1.54) is 18.2 Å². The third-order valence-electron chi connectivity index (χ3n) is 3.00. The molecule has 0 fully saturated rings. The molecule has 6 nitrogen and oxygen atoms in total. The SMILES string of the molecule is C#N.C#N.C=NN.COc1ccc(CCOc2ccccc2C(F)(F)F)cc1. The summed E-state index contributed by atoms with van der Waals surface area (Å²) in [6.07, 6.45) is -3.88. The Balaban J connectivity index is 0. The highest BCUT2D eigenvalue weighted by Crippen LogP contribution is 2.35. The van der Waals surface area contributed by atoms with Gasteiger partial charge in [-0.25, -0.2) is 10.5 Å². The number of halogens is 3. The van der Waals surface area contributed by atoms with E-state index >= 15 is 0 Å².